The maximum atomic E-state index is 12.5. The van der Waals surface area contributed by atoms with Crippen LogP contribution in [0.4, 0.5) is 0 Å². The summed E-state index contributed by atoms with van der Waals surface area (Å²) in [5, 5.41) is 14.4. The summed E-state index contributed by atoms with van der Waals surface area (Å²) in [5.41, 5.74) is 3.33. The van der Waals surface area contributed by atoms with E-state index in [4.69, 9.17) is 0 Å². The Morgan fingerprint density at radius 3 is 2.91 bits per heavy atom. The number of carbonyl (C=O) groups is 1. The number of carbonyl (C=O) groups excluding carboxylic acids is 1. The first-order valence-corrected chi connectivity index (χ1v) is 7.24. The minimum Gasteiger partial charge on any atom is -0.342 e. The summed E-state index contributed by atoms with van der Waals surface area (Å²) in [4.78, 5) is 12.5. The Kier molecular flexibility index (Phi) is 2.72. The predicted octanol–water partition coefficient (Wildman–Crippen LogP) is 1.85. The number of hydrogen-bond acceptors (Lipinski definition) is 4. The molecule has 0 bridgehead atoms. The Morgan fingerprint density at radius 2 is 2.14 bits per heavy atom. The fourth-order valence-corrected chi connectivity index (χ4v) is 2.72. The molecule has 110 valence electrons. The first kappa shape index (κ1) is 12.9. The number of fused-ring (bicyclic) bond motifs is 1. The highest BCUT2D eigenvalue weighted by atomic mass is 16.1. The van der Waals surface area contributed by atoms with Gasteiger partial charge in [-0.05, 0) is 47.9 Å². The van der Waals surface area contributed by atoms with E-state index in [2.05, 4.69) is 46.0 Å². The van der Waals surface area contributed by atoms with Crippen molar-refractivity contribution >= 4 is 11.6 Å². The molecule has 0 aliphatic heterocycles. The van der Waals surface area contributed by atoms with E-state index in [0.717, 1.165) is 12.8 Å². The van der Waals surface area contributed by atoms with Crippen molar-refractivity contribution in [1.29, 1.82) is 0 Å². The van der Waals surface area contributed by atoms with Crippen LogP contribution in [0.25, 0.3) is 5.65 Å². The average Bonchev–Trinajstić information content (AvgIpc) is 3.14. The molecule has 0 radical (unpaired) electrons. The fraction of sp³-hybridized carbons (Fsp3) is 0.250. The molecule has 6 nitrogen and oxygen atoms in total. The molecule has 4 rings (SSSR count). The van der Waals surface area contributed by atoms with Gasteiger partial charge in [0.1, 0.15) is 0 Å². The van der Waals surface area contributed by atoms with Crippen LogP contribution >= 0.6 is 0 Å². The van der Waals surface area contributed by atoms with Gasteiger partial charge < -0.3 is 5.32 Å². The van der Waals surface area contributed by atoms with E-state index in [0.29, 0.717) is 11.2 Å². The summed E-state index contributed by atoms with van der Waals surface area (Å²) < 4.78 is 1.50. The number of benzene rings is 1. The lowest BCUT2D eigenvalue weighted by atomic mass is 10.0. The molecule has 0 atom stereocenters. The van der Waals surface area contributed by atoms with Crippen LogP contribution in [0.5, 0.6) is 0 Å². The van der Waals surface area contributed by atoms with E-state index < -0.39 is 0 Å². The number of amides is 1. The molecule has 2 aromatic heterocycles. The Labute approximate surface area is 127 Å². The number of tetrazole rings is 1. The number of nitrogens with one attached hydrogen (secondary N) is 1. The van der Waals surface area contributed by atoms with Crippen molar-refractivity contribution in [3.05, 3.63) is 59.3 Å². The van der Waals surface area contributed by atoms with Crippen molar-refractivity contribution in [1.82, 2.24) is 25.4 Å². The number of hydrogen-bond donors (Lipinski definition) is 1. The predicted molar refractivity (Wildman–Crippen MR) is 80.3 cm³/mol. The lowest BCUT2D eigenvalue weighted by Crippen LogP contribution is -2.35. The highest BCUT2D eigenvalue weighted by Gasteiger charge is 2.45. The zero-order valence-corrected chi connectivity index (χ0v) is 12.2. The number of nitrogens with zero attached hydrogens (tertiary/aromatic N) is 4. The summed E-state index contributed by atoms with van der Waals surface area (Å²) in [6.07, 6.45) is 3.58. The molecular weight excluding hydrogens is 278 g/mol. The van der Waals surface area contributed by atoms with Crippen molar-refractivity contribution < 1.29 is 4.79 Å². The second kappa shape index (κ2) is 4.62. The first-order chi connectivity index (χ1) is 10.7. The fourth-order valence-electron chi connectivity index (χ4n) is 2.72. The van der Waals surface area contributed by atoms with Gasteiger partial charge >= 0.3 is 0 Å². The van der Waals surface area contributed by atoms with E-state index in [9.17, 15) is 4.79 Å². The molecule has 0 spiro atoms. The van der Waals surface area contributed by atoms with Crippen molar-refractivity contribution in [2.24, 2.45) is 0 Å². The van der Waals surface area contributed by atoms with Gasteiger partial charge in [-0.2, -0.15) is 4.52 Å². The summed E-state index contributed by atoms with van der Waals surface area (Å²) in [7, 11) is 0. The normalized spacial score (nSPS) is 15.7. The molecule has 1 aromatic carbocycles. The molecule has 1 aliphatic rings. The first-order valence-electron chi connectivity index (χ1n) is 7.24. The molecule has 1 N–H and O–H groups in total. The number of rotatable bonds is 3. The summed E-state index contributed by atoms with van der Waals surface area (Å²) in [5.74, 6) is -0.101. The van der Waals surface area contributed by atoms with Gasteiger partial charge in [0.05, 0.1) is 11.1 Å². The maximum Gasteiger partial charge on any atom is 0.253 e. The van der Waals surface area contributed by atoms with E-state index in [1.54, 1.807) is 18.3 Å². The Balaban J connectivity index is 1.61. The van der Waals surface area contributed by atoms with Crippen LogP contribution in [0.15, 0.2) is 42.6 Å². The lowest BCUT2D eigenvalue weighted by Gasteiger charge is -2.18. The van der Waals surface area contributed by atoms with E-state index in [1.807, 2.05) is 6.07 Å². The SMILES string of the molecule is Cc1cccc(C2(NC(=O)c3ccc4nnnn4c3)CC2)c1. The Morgan fingerprint density at radius 1 is 1.27 bits per heavy atom. The molecule has 1 amide bonds. The van der Waals surface area contributed by atoms with Gasteiger partial charge in [-0.25, -0.2) is 0 Å². The summed E-state index contributed by atoms with van der Waals surface area (Å²) >= 11 is 0. The van der Waals surface area contributed by atoms with Crippen molar-refractivity contribution in [3.63, 3.8) is 0 Å². The van der Waals surface area contributed by atoms with Gasteiger partial charge in [-0.3, -0.25) is 4.79 Å². The monoisotopic (exact) mass is 293 g/mol. The van der Waals surface area contributed by atoms with Crippen molar-refractivity contribution in [3.8, 4) is 0 Å². The molecule has 22 heavy (non-hydrogen) atoms. The van der Waals surface area contributed by atoms with Gasteiger partial charge in [-0.15, -0.1) is 5.10 Å². The van der Waals surface area contributed by atoms with E-state index >= 15 is 0 Å². The van der Waals surface area contributed by atoms with Gasteiger partial charge in [0.2, 0.25) is 0 Å². The molecule has 1 saturated carbocycles. The number of pyridine rings is 1. The molecule has 6 heteroatoms. The second-order valence-corrected chi connectivity index (χ2v) is 5.81. The largest absolute Gasteiger partial charge is 0.342 e. The summed E-state index contributed by atoms with van der Waals surface area (Å²) in [6, 6.07) is 11.8. The van der Waals surface area contributed by atoms with Gasteiger partial charge in [0, 0.05) is 6.20 Å². The van der Waals surface area contributed by atoms with Crippen molar-refractivity contribution in [2.45, 2.75) is 25.3 Å². The van der Waals surface area contributed by atoms with Crippen LogP contribution < -0.4 is 5.32 Å². The highest BCUT2D eigenvalue weighted by molar-refractivity contribution is 5.95. The third-order valence-corrected chi connectivity index (χ3v) is 4.13. The van der Waals surface area contributed by atoms with Crippen LogP contribution in [0.3, 0.4) is 0 Å². The molecule has 3 aromatic rings. The van der Waals surface area contributed by atoms with Crippen LogP contribution in [-0.4, -0.2) is 25.9 Å². The molecule has 0 saturated heterocycles. The Hall–Kier alpha value is -2.76. The third-order valence-electron chi connectivity index (χ3n) is 4.13. The molecule has 1 fully saturated rings. The zero-order chi connectivity index (χ0) is 15.2. The van der Waals surface area contributed by atoms with Gasteiger partial charge in [0.25, 0.3) is 5.91 Å². The Bertz CT molecular complexity index is 866. The van der Waals surface area contributed by atoms with Gasteiger partial charge in [0.15, 0.2) is 5.65 Å². The number of aryl methyl sites for hydroxylation is 1. The number of aromatic nitrogens is 4. The average molecular weight is 293 g/mol. The van der Waals surface area contributed by atoms with E-state index in [-0.39, 0.29) is 11.4 Å². The molecule has 1 aliphatic carbocycles. The topological polar surface area (TPSA) is 72.2 Å². The zero-order valence-electron chi connectivity index (χ0n) is 12.2. The van der Waals surface area contributed by atoms with Crippen molar-refractivity contribution in [2.75, 3.05) is 0 Å². The van der Waals surface area contributed by atoms with Crippen LogP contribution in [0.1, 0.15) is 34.3 Å². The van der Waals surface area contributed by atoms with Crippen LogP contribution in [0, 0.1) is 6.92 Å². The standard InChI is InChI=1S/C16H15N5O/c1-11-3-2-4-13(9-11)16(7-8-16)17-15(22)12-5-6-14-18-19-20-21(14)10-12/h2-6,9-10H,7-8H2,1H3,(H,17,22). The minimum atomic E-state index is -0.224. The second-order valence-electron chi connectivity index (χ2n) is 5.81. The molecule has 2 heterocycles. The van der Waals surface area contributed by atoms with Gasteiger partial charge in [-0.1, -0.05) is 29.8 Å². The summed E-state index contributed by atoms with van der Waals surface area (Å²) in [6.45, 7) is 2.06. The van der Waals surface area contributed by atoms with Crippen LogP contribution in [0.2, 0.25) is 0 Å². The molecule has 0 unspecified atom stereocenters. The lowest BCUT2D eigenvalue weighted by molar-refractivity contribution is 0.0930. The smallest absolute Gasteiger partial charge is 0.253 e. The molecular formula is C16H15N5O. The highest BCUT2D eigenvalue weighted by Crippen LogP contribution is 2.45. The van der Waals surface area contributed by atoms with Crippen LogP contribution in [-0.2, 0) is 5.54 Å². The van der Waals surface area contributed by atoms with E-state index in [1.165, 1.54) is 15.6 Å². The third kappa shape index (κ3) is 2.13. The quantitative estimate of drug-likeness (QED) is 0.800. The maximum absolute atomic E-state index is 12.5. The minimum absolute atomic E-state index is 0.101.